The van der Waals surface area contributed by atoms with Crippen LogP contribution in [0.15, 0.2) is 23.4 Å². The van der Waals surface area contributed by atoms with Crippen LogP contribution in [-0.4, -0.2) is 13.3 Å². The van der Waals surface area contributed by atoms with E-state index in [1.54, 1.807) is 0 Å². The van der Waals surface area contributed by atoms with Crippen LogP contribution < -0.4 is 0 Å². The van der Waals surface area contributed by atoms with Gasteiger partial charge in [0.2, 0.25) is 0 Å². The summed E-state index contributed by atoms with van der Waals surface area (Å²) in [6, 6.07) is 5.97. The fraction of sp³-hybridized carbons (Fsp3) is 0.111. The summed E-state index contributed by atoms with van der Waals surface area (Å²) < 4.78 is 13.1. The van der Waals surface area contributed by atoms with Gasteiger partial charge in [-0.25, -0.2) is 4.39 Å². The number of nitriles is 1. The quantitative estimate of drug-likeness (QED) is 0.510. The van der Waals surface area contributed by atoms with E-state index in [1.165, 1.54) is 25.5 Å². The van der Waals surface area contributed by atoms with Crippen LogP contribution in [0.5, 0.6) is 0 Å². The molecule has 0 spiro atoms. The molecule has 66 valence electrons. The normalized spacial score (nSPS) is 9.92. The van der Waals surface area contributed by atoms with Gasteiger partial charge in [0.25, 0.3) is 0 Å². The summed E-state index contributed by atoms with van der Waals surface area (Å²) in [6.45, 7) is 0. The topological polar surface area (TPSA) is 45.4 Å². The Labute approximate surface area is 75.0 Å². The van der Waals surface area contributed by atoms with E-state index in [1.807, 2.05) is 6.07 Å². The molecule has 0 aromatic heterocycles. The number of hydrogen-bond acceptors (Lipinski definition) is 3. The van der Waals surface area contributed by atoms with Crippen LogP contribution >= 0.6 is 0 Å². The van der Waals surface area contributed by atoms with Crippen molar-refractivity contribution in [3.05, 3.63) is 35.1 Å². The second-order valence-corrected chi connectivity index (χ2v) is 2.27. The Balaban J connectivity index is 3.00. The molecule has 0 amide bonds. The first-order valence-electron chi connectivity index (χ1n) is 3.54. The van der Waals surface area contributed by atoms with Gasteiger partial charge in [-0.2, -0.15) is 5.26 Å². The van der Waals surface area contributed by atoms with Crippen molar-refractivity contribution < 1.29 is 9.23 Å². The van der Waals surface area contributed by atoms with Gasteiger partial charge in [-0.3, -0.25) is 0 Å². The zero-order valence-corrected chi connectivity index (χ0v) is 6.99. The molecule has 0 unspecified atom stereocenters. The SMILES string of the molecule is CO/N=C/c1ccc(C#N)cc1F. The Morgan fingerprint density at radius 2 is 2.38 bits per heavy atom. The lowest BCUT2D eigenvalue weighted by Gasteiger charge is -1.95. The standard InChI is InChI=1S/C9H7FN2O/c1-13-12-6-8-3-2-7(5-11)4-9(8)10/h2-4,6H,1H3/b12-6+. The Hall–Kier alpha value is -1.89. The summed E-state index contributed by atoms with van der Waals surface area (Å²) in [7, 11) is 1.37. The summed E-state index contributed by atoms with van der Waals surface area (Å²) in [5, 5.41) is 11.9. The lowest BCUT2D eigenvalue weighted by molar-refractivity contribution is 0.215. The van der Waals surface area contributed by atoms with E-state index in [2.05, 4.69) is 9.99 Å². The molecule has 1 rings (SSSR count). The van der Waals surface area contributed by atoms with E-state index in [4.69, 9.17) is 5.26 Å². The molecule has 3 nitrogen and oxygen atoms in total. The van der Waals surface area contributed by atoms with Crippen LogP contribution in [-0.2, 0) is 4.84 Å². The van der Waals surface area contributed by atoms with Gasteiger partial charge in [0, 0.05) is 5.56 Å². The molecule has 4 heteroatoms. The highest BCUT2D eigenvalue weighted by atomic mass is 19.1. The van der Waals surface area contributed by atoms with E-state index < -0.39 is 5.82 Å². The monoisotopic (exact) mass is 178 g/mol. The Bertz CT molecular complexity index is 368. The average molecular weight is 178 g/mol. The summed E-state index contributed by atoms with van der Waals surface area (Å²) in [5.74, 6) is -0.486. The van der Waals surface area contributed by atoms with Crippen molar-refractivity contribution >= 4 is 6.21 Å². The van der Waals surface area contributed by atoms with Gasteiger partial charge in [-0.15, -0.1) is 0 Å². The van der Waals surface area contributed by atoms with Gasteiger partial charge < -0.3 is 4.84 Å². The van der Waals surface area contributed by atoms with Crippen molar-refractivity contribution in [1.29, 1.82) is 5.26 Å². The van der Waals surface area contributed by atoms with Crippen LogP contribution in [0.4, 0.5) is 4.39 Å². The van der Waals surface area contributed by atoms with Gasteiger partial charge in [0.1, 0.15) is 12.9 Å². The molecule has 0 saturated heterocycles. The van der Waals surface area contributed by atoms with Gasteiger partial charge in [-0.1, -0.05) is 5.16 Å². The molecule has 0 heterocycles. The minimum Gasteiger partial charge on any atom is -0.399 e. The molecule has 13 heavy (non-hydrogen) atoms. The first-order valence-corrected chi connectivity index (χ1v) is 3.54. The van der Waals surface area contributed by atoms with E-state index in [0.717, 1.165) is 6.07 Å². The average Bonchev–Trinajstić information content (AvgIpc) is 2.16. The Morgan fingerprint density at radius 3 is 2.92 bits per heavy atom. The largest absolute Gasteiger partial charge is 0.399 e. The third-order valence-electron chi connectivity index (χ3n) is 1.43. The highest BCUT2D eigenvalue weighted by molar-refractivity contribution is 5.79. The lowest BCUT2D eigenvalue weighted by Crippen LogP contribution is -1.89. The second-order valence-electron chi connectivity index (χ2n) is 2.27. The molecule has 0 aliphatic carbocycles. The number of nitrogens with zero attached hydrogens (tertiary/aromatic N) is 2. The maximum Gasteiger partial charge on any atom is 0.133 e. The zero-order chi connectivity index (χ0) is 9.68. The molecule has 0 radical (unpaired) electrons. The first kappa shape index (κ1) is 9.20. The van der Waals surface area contributed by atoms with Crippen molar-refractivity contribution in [3.8, 4) is 6.07 Å². The van der Waals surface area contributed by atoms with Crippen LogP contribution in [0, 0.1) is 17.1 Å². The van der Waals surface area contributed by atoms with Crippen LogP contribution in [0.1, 0.15) is 11.1 Å². The maximum absolute atomic E-state index is 13.1. The highest BCUT2D eigenvalue weighted by Crippen LogP contribution is 2.07. The molecular weight excluding hydrogens is 171 g/mol. The minimum atomic E-state index is -0.486. The van der Waals surface area contributed by atoms with E-state index >= 15 is 0 Å². The van der Waals surface area contributed by atoms with Gasteiger partial charge in [0.15, 0.2) is 0 Å². The van der Waals surface area contributed by atoms with E-state index in [9.17, 15) is 4.39 Å². The molecule has 1 aromatic carbocycles. The summed E-state index contributed by atoms with van der Waals surface area (Å²) in [6.07, 6.45) is 1.25. The molecule has 0 saturated carbocycles. The van der Waals surface area contributed by atoms with Crippen molar-refractivity contribution in [2.45, 2.75) is 0 Å². The van der Waals surface area contributed by atoms with Crippen molar-refractivity contribution in [3.63, 3.8) is 0 Å². The summed E-state index contributed by atoms with van der Waals surface area (Å²) in [4.78, 5) is 4.40. The third-order valence-corrected chi connectivity index (χ3v) is 1.43. The number of halogens is 1. The smallest absolute Gasteiger partial charge is 0.133 e. The third kappa shape index (κ3) is 2.27. The van der Waals surface area contributed by atoms with Gasteiger partial charge >= 0.3 is 0 Å². The molecule has 0 atom stereocenters. The highest BCUT2D eigenvalue weighted by Gasteiger charge is 2.00. The molecule has 1 aromatic rings. The second kappa shape index (κ2) is 4.21. The number of rotatable bonds is 2. The molecule has 0 N–H and O–H groups in total. The first-order chi connectivity index (χ1) is 6.27. The number of benzene rings is 1. The minimum absolute atomic E-state index is 0.284. The molecular formula is C9H7FN2O. The zero-order valence-electron chi connectivity index (χ0n) is 6.99. The number of hydrogen-bond donors (Lipinski definition) is 0. The van der Waals surface area contributed by atoms with Gasteiger partial charge in [-0.05, 0) is 18.2 Å². The van der Waals surface area contributed by atoms with Crippen molar-refractivity contribution in [2.75, 3.05) is 7.11 Å². The fourth-order valence-corrected chi connectivity index (χ4v) is 0.811. The van der Waals surface area contributed by atoms with Crippen LogP contribution in [0.2, 0.25) is 0 Å². The number of oxime groups is 1. The fourth-order valence-electron chi connectivity index (χ4n) is 0.811. The van der Waals surface area contributed by atoms with Crippen LogP contribution in [0.25, 0.3) is 0 Å². The van der Waals surface area contributed by atoms with Crippen LogP contribution in [0.3, 0.4) is 0 Å². The summed E-state index contributed by atoms with van der Waals surface area (Å²) in [5.41, 5.74) is 0.577. The maximum atomic E-state index is 13.1. The molecule has 0 aliphatic rings. The van der Waals surface area contributed by atoms with Crippen molar-refractivity contribution in [2.24, 2.45) is 5.16 Å². The predicted octanol–water partition coefficient (Wildman–Crippen LogP) is 1.68. The Kier molecular flexibility index (Phi) is 2.98. The lowest BCUT2D eigenvalue weighted by atomic mass is 10.1. The Morgan fingerprint density at radius 1 is 1.62 bits per heavy atom. The van der Waals surface area contributed by atoms with E-state index in [0.29, 0.717) is 5.56 Å². The van der Waals surface area contributed by atoms with E-state index in [-0.39, 0.29) is 5.56 Å². The van der Waals surface area contributed by atoms with Crippen molar-refractivity contribution in [1.82, 2.24) is 0 Å². The molecule has 0 fully saturated rings. The summed E-state index contributed by atoms with van der Waals surface area (Å²) >= 11 is 0. The predicted molar refractivity (Wildman–Crippen MR) is 45.7 cm³/mol. The van der Waals surface area contributed by atoms with Gasteiger partial charge in [0.05, 0.1) is 17.8 Å². The molecule has 0 bridgehead atoms. The molecule has 0 aliphatic heterocycles.